The smallest absolute Gasteiger partial charge is 0.312 e. The van der Waals surface area contributed by atoms with Crippen molar-refractivity contribution in [3.05, 3.63) is 0 Å². The van der Waals surface area contributed by atoms with E-state index in [0.717, 1.165) is 38.5 Å². The van der Waals surface area contributed by atoms with E-state index in [4.69, 9.17) is 4.74 Å². The second-order valence-corrected chi connectivity index (χ2v) is 12.3. The van der Waals surface area contributed by atoms with Crippen LogP contribution in [0.15, 0.2) is 0 Å². The van der Waals surface area contributed by atoms with Crippen LogP contribution in [-0.2, 0) is 19.6 Å². The molecule has 0 saturated heterocycles. The topological polar surface area (TPSA) is 72.5 Å². The molecular weight excluding hydrogens is 350 g/mol. The van der Waals surface area contributed by atoms with Gasteiger partial charge in [0.2, 0.25) is 10.0 Å². The molecule has 4 aliphatic rings. The van der Waals surface area contributed by atoms with Crippen molar-refractivity contribution in [2.24, 2.45) is 22.7 Å². The minimum Gasteiger partial charge on any atom is -0.459 e. The van der Waals surface area contributed by atoms with E-state index < -0.39 is 21.0 Å². The Balaban J connectivity index is 1.90. The molecule has 0 aliphatic heterocycles. The summed E-state index contributed by atoms with van der Waals surface area (Å²) in [7, 11) is -3.27. The van der Waals surface area contributed by atoms with Crippen molar-refractivity contribution < 1.29 is 17.9 Å². The van der Waals surface area contributed by atoms with Gasteiger partial charge in [-0.15, -0.1) is 0 Å². The maximum Gasteiger partial charge on any atom is 0.312 e. The van der Waals surface area contributed by atoms with E-state index in [1.54, 1.807) is 0 Å². The molecule has 150 valence electrons. The molecule has 1 N–H and O–H groups in total. The zero-order chi connectivity index (χ0) is 19.6. The van der Waals surface area contributed by atoms with Gasteiger partial charge in [0.15, 0.2) is 0 Å². The number of sulfonamides is 1. The fourth-order valence-electron chi connectivity index (χ4n) is 6.10. The van der Waals surface area contributed by atoms with Gasteiger partial charge in [-0.1, -0.05) is 6.92 Å². The van der Waals surface area contributed by atoms with E-state index in [-0.39, 0.29) is 16.9 Å². The molecule has 6 heteroatoms. The molecule has 4 rings (SSSR count). The molecule has 4 bridgehead atoms. The second kappa shape index (κ2) is 5.94. The molecule has 4 fully saturated rings. The summed E-state index contributed by atoms with van der Waals surface area (Å²) in [6.07, 6.45) is 7.85. The molecule has 4 aliphatic carbocycles. The zero-order valence-electron chi connectivity index (χ0n) is 17.1. The maximum absolute atomic E-state index is 12.8. The van der Waals surface area contributed by atoms with Gasteiger partial charge in [-0.2, -0.15) is 0 Å². The van der Waals surface area contributed by atoms with Crippen molar-refractivity contribution in [1.82, 2.24) is 4.72 Å². The molecule has 0 amide bonds. The summed E-state index contributed by atoms with van der Waals surface area (Å²) in [4.78, 5) is 12.8. The Morgan fingerprint density at radius 3 is 2.12 bits per heavy atom. The van der Waals surface area contributed by atoms with Gasteiger partial charge >= 0.3 is 5.97 Å². The predicted molar refractivity (Wildman–Crippen MR) is 102 cm³/mol. The largest absolute Gasteiger partial charge is 0.459 e. The van der Waals surface area contributed by atoms with Crippen molar-refractivity contribution >= 4 is 16.0 Å². The Morgan fingerprint density at radius 1 is 1.12 bits per heavy atom. The van der Waals surface area contributed by atoms with Gasteiger partial charge in [-0.25, -0.2) is 13.1 Å². The van der Waals surface area contributed by atoms with Crippen molar-refractivity contribution in [2.75, 3.05) is 6.26 Å². The Labute approximate surface area is 158 Å². The first-order valence-electron chi connectivity index (χ1n) is 9.94. The van der Waals surface area contributed by atoms with E-state index in [2.05, 4.69) is 4.72 Å². The van der Waals surface area contributed by atoms with Crippen LogP contribution in [-0.4, -0.2) is 31.8 Å². The molecule has 0 aromatic heterocycles. The Hall–Kier alpha value is -0.620. The highest BCUT2D eigenvalue weighted by molar-refractivity contribution is 7.88. The number of rotatable bonds is 6. The van der Waals surface area contributed by atoms with Gasteiger partial charge in [-0.05, 0) is 84.5 Å². The number of carbonyl (C=O) groups is 1. The van der Waals surface area contributed by atoms with Gasteiger partial charge < -0.3 is 4.74 Å². The summed E-state index contributed by atoms with van der Waals surface area (Å²) >= 11 is 0. The molecular formula is C20H35NO4S. The number of hydrogen-bond donors (Lipinski definition) is 1. The van der Waals surface area contributed by atoms with Crippen LogP contribution in [0.1, 0.15) is 79.6 Å². The van der Waals surface area contributed by atoms with E-state index in [0.29, 0.717) is 11.8 Å². The average molecular weight is 386 g/mol. The summed E-state index contributed by atoms with van der Waals surface area (Å²) < 4.78 is 33.2. The van der Waals surface area contributed by atoms with Crippen LogP contribution in [0.5, 0.6) is 0 Å². The summed E-state index contributed by atoms with van der Waals surface area (Å²) in [5.74, 6) is 0.885. The highest BCUT2D eigenvalue weighted by Crippen LogP contribution is 2.65. The van der Waals surface area contributed by atoms with Crippen LogP contribution in [0.2, 0.25) is 0 Å². The lowest BCUT2D eigenvalue weighted by Crippen LogP contribution is -2.67. The molecule has 0 heterocycles. The first-order chi connectivity index (χ1) is 11.7. The van der Waals surface area contributed by atoms with E-state index in [1.807, 2.05) is 34.6 Å². The molecule has 4 saturated carbocycles. The number of esters is 1. The van der Waals surface area contributed by atoms with Crippen LogP contribution in [0, 0.1) is 22.7 Å². The van der Waals surface area contributed by atoms with Crippen molar-refractivity contribution in [2.45, 2.75) is 90.7 Å². The molecule has 0 radical (unpaired) electrons. The lowest BCUT2D eigenvalue weighted by molar-refractivity contribution is -0.210. The van der Waals surface area contributed by atoms with E-state index in [1.165, 1.54) is 12.7 Å². The van der Waals surface area contributed by atoms with Gasteiger partial charge in [0.1, 0.15) is 5.60 Å². The standard InChI is InChI=1S/C20H35NO4S/c1-7-17(2,3)16(22)25-18(4,5)19-9-14-8-15(10-19)12-20(11-14,13-19)21-26(6,23)24/h14-15,21H,7-13H2,1-6H3. The van der Waals surface area contributed by atoms with Gasteiger partial charge in [0, 0.05) is 11.0 Å². The number of nitrogens with one attached hydrogen (secondary N) is 1. The Kier molecular flexibility index (Phi) is 4.59. The van der Waals surface area contributed by atoms with Crippen molar-refractivity contribution in [3.63, 3.8) is 0 Å². The first-order valence-corrected chi connectivity index (χ1v) is 11.8. The van der Waals surface area contributed by atoms with Crippen molar-refractivity contribution in [1.29, 1.82) is 0 Å². The number of carbonyl (C=O) groups excluding carboxylic acids is 1. The minimum atomic E-state index is -3.27. The average Bonchev–Trinajstić information content (AvgIpc) is 2.42. The van der Waals surface area contributed by atoms with Crippen LogP contribution >= 0.6 is 0 Å². The van der Waals surface area contributed by atoms with Gasteiger partial charge in [-0.3, -0.25) is 4.79 Å². The summed E-state index contributed by atoms with van der Waals surface area (Å²) in [5.41, 5.74) is -1.60. The van der Waals surface area contributed by atoms with Crippen LogP contribution in [0.4, 0.5) is 0 Å². The van der Waals surface area contributed by atoms with Gasteiger partial charge in [0.05, 0.1) is 11.7 Å². The van der Waals surface area contributed by atoms with Crippen LogP contribution < -0.4 is 4.72 Å². The highest BCUT2D eigenvalue weighted by atomic mass is 32.2. The van der Waals surface area contributed by atoms with Crippen LogP contribution in [0.25, 0.3) is 0 Å². The third-order valence-corrected chi connectivity index (χ3v) is 8.33. The molecule has 26 heavy (non-hydrogen) atoms. The Bertz CT molecular complexity index is 681. The van der Waals surface area contributed by atoms with Crippen molar-refractivity contribution in [3.8, 4) is 0 Å². The minimum absolute atomic E-state index is 0.145. The third-order valence-electron chi connectivity index (χ3n) is 7.52. The molecule has 2 unspecified atom stereocenters. The first kappa shape index (κ1) is 20.1. The van der Waals surface area contributed by atoms with Gasteiger partial charge in [0.25, 0.3) is 0 Å². The maximum atomic E-state index is 12.8. The summed E-state index contributed by atoms with van der Waals surface area (Å²) in [6.45, 7) is 9.94. The van der Waals surface area contributed by atoms with E-state index in [9.17, 15) is 13.2 Å². The zero-order valence-corrected chi connectivity index (χ0v) is 18.0. The van der Waals surface area contributed by atoms with Crippen LogP contribution in [0.3, 0.4) is 0 Å². The summed E-state index contributed by atoms with van der Waals surface area (Å²) in [6, 6.07) is 0. The molecule has 5 nitrogen and oxygen atoms in total. The Morgan fingerprint density at radius 2 is 1.65 bits per heavy atom. The molecule has 0 aromatic carbocycles. The SMILES string of the molecule is CCC(C)(C)C(=O)OC(C)(C)C12CC3CC(CC(NS(C)(=O)=O)(C3)C1)C2. The number of hydrogen-bond acceptors (Lipinski definition) is 4. The molecule has 2 atom stereocenters. The fraction of sp³-hybridized carbons (Fsp3) is 0.950. The quantitative estimate of drug-likeness (QED) is 0.709. The molecule has 0 aromatic rings. The number of ether oxygens (including phenoxy) is 1. The normalized spacial score (nSPS) is 37.0. The predicted octanol–water partition coefficient (Wildman–Crippen LogP) is 3.63. The lowest BCUT2D eigenvalue weighted by Gasteiger charge is -2.65. The third kappa shape index (κ3) is 3.44. The summed E-state index contributed by atoms with van der Waals surface area (Å²) in [5, 5.41) is 0. The van der Waals surface area contributed by atoms with E-state index >= 15 is 0 Å². The highest BCUT2D eigenvalue weighted by Gasteiger charge is 2.64. The molecule has 0 spiro atoms. The fourth-order valence-corrected chi connectivity index (χ4v) is 7.13. The second-order valence-electron chi connectivity index (χ2n) is 10.5. The lowest BCUT2D eigenvalue weighted by atomic mass is 9.43. The monoisotopic (exact) mass is 385 g/mol.